The highest BCUT2D eigenvalue weighted by atomic mass is 16.6. The van der Waals surface area contributed by atoms with Crippen molar-refractivity contribution in [3.8, 4) is 0 Å². The van der Waals surface area contributed by atoms with Crippen molar-refractivity contribution in [2.24, 2.45) is 0 Å². The smallest absolute Gasteiger partial charge is 0.269 e. The molecule has 3 heterocycles. The number of nitro benzene ring substituents is 1. The quantitative estimate of drug-likeness (QED) is 0.548. The van der Waals surface area contributed by atoms with Crippen LogP contribution in [0.1, 0.15) is 11.1 Å². The molecule has 1 aliphatic rings. The highest BCUT2D eigenvalue weighted by Crippen LogP contribution is 2.26. The molecule has 1 amide bonds. The van der Waals surface area contributed by atoms with Crippen LogP contribution in [0.25, 0.3) is 11.0 Å². The number of anilines is 1. The molecule has 28 heavy (non-hydrogen) atoms. The van der Waals surface area contributed by atoms with Crippen molar-refractivity contribution in [3.05, 3.63) is 58.0 Å². The molecule has 1 N–H and O–H groups in total. The Balaban J connectivity index is 1.42. The minimum absolute atomic E-state index is 0.00442. The largest absolute Gasteiger partial charge is 0.352 e. The first kappa shape index (κ1) is 17.9. The van der Waals surface area contributed by atoms with Gasteiger partial charge in [0.05, 0.1) is 16.7 Å². The summed E-state index contributed by atoms with van der Waals surface area (Å²) >= 11 is 0. The van der Waals surface area contributed by atoms with E-state index in [1.807, 2.05) is 13.1 Å². The Morgan fingerprint density at radius 2 is 2.04 bits per heavy atom. The molecule has 0 bridgehead atoms. The number of hydrogen-bond donors (Lipinski definition) is 1. The molecule has 3 aromatic rings. The van der Waals surface area contributed by atoms with Gasteiger partial charge < -0.3 is 14.8 Å². The number of carbonyl (C=O) groups excluding carboxylic acids is 1. The van der Waals surface area contributed by atoms with Crippen LogP contribution in [0.15, 0.2) is 36.8 Å². The second-order valence-electron chi connectivity index (χ2n) is 6.86. The maximum Gasteiger partial charge on any atom is 0.269 e. The third-order valence-corrected chi connectivity index (χ3v) is 5.06. The van der Waals surface area contributed by atoms with Crippen molar-refractivity contribution in [3.63, 3.8) is 0 Å². The maximum atomic E-state index is 12.6. The van der Waals surface area contributed by atoms with Gasteiger partial charge >= 0.3 is 0 Å². The number of aromatic amines is 1. The van der Waals surface area contributed by atoms with Gasteiger partial charge in [-0.25, -0.2) is 9.97 Å². The lowest BCUT2D eigenvalue weighted by Gasteiger charge is -2.35. The van der Waals surface area contributed by atoms with Crippen LogP contribution in [-0.2, 0) is 11.2 Å². The Morgan fingerprint density at radius 1 is 1.25 bits per heavy atom. The number of H-pyrrole nitrogens is 1. The number of piperazine rings is 1. The number of hydrogen-bond acceptors (Lipinski definition) is 6. The molecule has 0 atom stereocenters. The molecule has 0 aliphatic carbocycles. The lowest BCUT2D eigenvalue weighted by atomic mass is 10.1. The lowest BCUT2D eigenvalue weighted by Crippen LogP contribution is -2.49. The zero-order valence-electron chi connectivity index (χ0n) is 15.5. The summed E-state index contributed by atoms with van der Waals surface area (Å²) in [7, 11) is 0. The average molecular weight is 380 g/mol. The molecule has 1 saturated heterocycles. The summed E-state index contributed by atoms with van der Waals surface area (Å²) in [5.41, 5.74) is 2.56. The predicted molar refractivity (Wildman–Crippen MR) is 104 cm³/mol. The van der Waals surface area contributed by atoms with E-state index < -0.39 is 4.92 Å². The van der Waals surface area contributed by atoms with E-state index in [4.69, 9.17) is 0 Å². The third kappa shape index (κ3) is 3.38. The summed E-state index contributed by atoms with van der Waals surface area (Å²) in [4.78, 5) is 38.9. The standard InChI is InChI=1S/C19H20N6O3/c1-13-11-20-18-17(13)19(22-12-21-18)24-7-5-23(6-8-24)16(26)10-14-3-2-4-15(9-14)25(27)28/h2-4,9,11-12H,5-8,10H2,1H3,(H,20,21,22). The van der Waals surface area contributed by atoms with E-state index in [9.17, 15) is 14.9 Å². The van der Waals surface area contributed by atoms with E-state index in [1.54, 1.807) is 23.4 Å². The Bertz CT molecular complexity index is 1040. The van der Waals surface area contributed by atoms with Gasteiger partial charge in [-0.05, 0) is 18.1 Å². The molecule has 9 heteroatoms. The van der Waals surface area contributed by atoms with Crippen molar-refractivity contribution in [2.45, 2.75) is 13.3 Å². The van der Waals surface area contributed by atoms with Crippen molar-refractivity contribution in [2.75, 3.05) is 31.1 Å². The van der Waals surface area contributed by atoms with E-state index in [0.717, 1.165) is 22.4 Å². The monoisotopic (exact) mass is 380 g/mol. The van der Waals surface area contributed by atoms with E-state index in [1.165, 1.54) is 12.1 Å². The fourth-order valence-electron chi connectivity index (χ4n) is 3.57. The zero-order valence-corrected chi connectivity index (χ0v) is 15.5. The first-order valence-electron chi connectivity index (χ1n) is 9.07. The summed E-state index contributed by atoms with van der Waals surface area (Å²) < 4.78 is 0. The number of nitro groups is 1. The number of aromatic nitrogens is 3. The molecule has 4 rings (SSSR count). The van der Waals surface area contributed by atoms with Crippen molar-refractivity contribution in [1.82, 2.24) is 19.9 Å². The summed E-state index contributed by atoms with van der Waals surface area (Å²) in [6.45, 7) is 4.55. The summed E-state index contributed by atoms with van der Waals surface area (Å²) in [5, 5.41) is 11.9. The number of aryl methyl sites for hydroxylation is 1. The van der Waals surface area contributed by atoms with Crippen LogP contribution in [-0.4, -0.2) is 56.9 Å². The van der Waals surface area contributed by atoms with Crippen molar-refractivity contribution in [1.29, 1.82) is 0 Å². The Kier molecular flexibility index (Phi) is 4.64. The number of rotatable bonds is 4. The van der Waals surface area contributed by atoms with Crippen molar-refractivity contribution < 1.29 is 9.72 Å². The van der Waals surface area contributed by atoms with Crippen LogP contribution in [0.2, 0.25) is 0 Å². The first-order valence-corrected chi connectivity index (χ1v) is 9.07. The fraction of sp³-hybridized carbons (Fsp3) is 0.316. The van der Waals surface area contributed by atoms with Gasteiger partial charge in [-0.3, -0.25) is 14.9 Å². The van der Waals surface area contributed by atoms with E-state index >= 15 is 0 Å². The molecule has 1 fully saturated rings. The molecular weight excluding hydrogens is 360 g/mol. The predicted octanol–water partition coefficient (Wildman–Crippen LogP) is 2.07. The van der Waals surface area contributed by atoms with Gasteiger partial charge in [0.15, 0.2) is 0 Å². The second-order valence-corrected chi connectivity index (χ2v) is 6.86. The zero-order chi connectivity index (χ0) is 19.7. The molecule has 0 radical (unpaired) electrons. The Hall–Kier alpha value is -3.49. The van der Waals surface area contributed by atoms with E-state index in [0.29, 0.717) is 31.7 Å². The average Bonchev–Trinajstić information content (AvgIpc) is 3.09. The third-order valence-electron chi connectivity index (χ3n) is 5.06. The Morgan fingerprint density at radius 3 is 2.79 bits per heavy atom. The number of non-ortho nitro benzene ring substituents is 1. The molecule has 1 aromatic carbocycles. The molecule has 144 valence electrons. The van der Waals surface area contributed by atoms with Crippen LogP contribution in [0.5, 0.6) is 0 Å². The van der Waals surface area contributed by atoms with Gasteiger partial charge in [0, 0.05) is 44.5 Å². The minimum Gasteiger partial charge on any atom is -0.352 e. The number of fused-ring (bicyclic) bond motifs is 1. The van der Waals surface area contributed by atoms with Gasteiger partial charge in [0.1, 0.15) is 17.8 Å². The highest BCUT2D eigenvalue weighted by Gasteiger charge is 2.24. The number of nitrogens with zero attached hydrogens (tertiary/aromatic N) is 5. The van der Waals surface area contributed by atoms with E-state index in [2.05, 4.69) is 19.9 Å². The van der Waals surface area contributed by atoms with Crippen LogP contribution in [0, 0.1) is 17.0 Å². The lowest BCUT2D eigenvalue weighted by molar-refractivity contribution is -0.384. The molecule has 0 unspecified atom stereocenters. The van der Waals surface area contributed by atoms with Crippen LogP contribution >= 0.6 is 0 Å². The number of carbonyl (C=O) groups is 1. The molecule has 0 spiro atoms. The van der Waals surface area contributed by atoms with Gasteiger partial charge in [-0.2, -0.15) is 0 Å². The normalized spacial score (nSPS) is 14.5. The fourth-order valence-corrected chi connectivity index (χ4v) is 3.57. The minimum atomic E-state index is -0.446. The molecule has 2 aromatic heterocycles. The van der Waals surface area contributed by atoms with Gasteiger partial charge in [0.2, 0.25) is 5.91 Å². The molecular formula is C19H20N6O3. The maximum absolute atomic E-state index is 12.6. The van der Waals surface area contributed by atoms with E-state index in [-0.39, 0.29) is 18.0 Å². The summed E-state index contributed by atoms with van der Waals surface area (Å²) in [5.74, 6) is 0.861. The van der Waals surface area contributed by atoms with Crippen LogP contribution < -0.4 is 4.90 Å². The topological polar surface area (TPSA) is 108 Å². The Labute approximate surface area is 161 Å². The molecule has 0 saturated carbocycles. The number of nitrogens with one attached hydrogen (secondary N) is 1. The molecule has 9 nitrogen and oxygen atoms in total. The highest BCUT2D eigenvalue weighted by molar-refractivity contribution is 5.90. The number of benzene rings is 1. The van der Waals surface area contributed by atoms with Crippen molar-refractivity contribution >= 4 is 28.4 Å². The summed E-state index contributed by atoms with van der Waals surface area (Å²) in [6, 6.07) is 6.24. The summed E-state index contributed by atoms with van der Waals surface area (Å²) in [6.07, 6.45) is 3.63. The van der Waals surface area contributed by atoms with Gasteiger partial charge in [0.25, 0.3) is 5.69 Å². The van der Waals surface area contributed by atoms with Gasteiger partial charge in [-0.1, -0.05) is 12.1 Å². The van der Waals surface area contributed by atoms with Gasteiger partial charge in [-0.15, -0.1) is 0 Å². The van der Waals surface area contributed by atoms with Crippen LogP contribution in [0.3, 0.4) is 0 Å². The molecule has 1 aliphatic heterocycles. The first-order chi connectivity index (χ1) is 13.5. The number of amides is 1. The van der Waals surface area contributed by atoms with Crippen LogP contribution in [0.4, 0.5) is 11.5 Å². The SMILES string of the molecule is Cc1c[nH]c2ncnc(N3CCN(C(=O)Cc4cccc([N+](=O)[O-])c4)CC3)c12. The second kappa shape index (κ2) is 7.26.